The van der Waals surface area contributed by atoms with Gasteiger partial charge in [-0.1, -0.05) is 48.0 Å². The highest BCUT2D eigenvalue weighted by molar-refractivity contribution is 6.30. The van der Waals surface area contributed by atoms with Gasteiger partial charge in [-0.15, -0.1) is 0 Å². The first-order valence-electron chi connectivity index (χ1n) is 8.26. The molecule has 1 aliphatic rings. The highest BCUT2D eigenvalue weighted by atomic mass is 35.5. The van der Waals surface area contributed by atoms with Gasteiger partial charge in [-0.2, -0.15) is 0 Å². The minimum atomic E-state index is -0.286. The zero-order chi connectivity index (χ0) is 18.1. The van der Waals surface area contributed by atoms with Gasteiger partial charge in [0.2, 0.25) is 0 Å². The van der Waals surface area contributed by atoms with Crippen LogP contribution in [-0.2, 0) is 0 Å². The molecule has 0 bridgehead atoms. The number of hydrogen-bond donors (Lipinski definition) is 1. The van der Waals surface area contributed by atoms with Crippen LogP contribution >= 0.6 is 11.6 Å². The van der Waals surface area contributed by atoms with Crippen LogP contribution < -0.4 is 15.0 Å². The Labute approximate surface area is 157 Å². The van der Waals surface area contributed by atoms with E-state index in [1.54, 1.807) is 18.1 Å². The van der Waals surface area contributed by atoms with Crippen LogP contribution in [-0.4, -0.2) is 13.1 Å². The van der Waals surface area contributed by atoms with Crippen LogP contribution in [0.3, 0.4) is 0 Å². The number of ether oxygens (including phenoxy) is 1. The van der Waals surface area contributed by atoms with E-state index in [0.717, 1.165) is 22.5 Å². The van der Waals surface area contributed by atoms with Crippen LogP contribution in [0.25, 0.3) is 0 Å². The molecule has 0 saturated carbocycles. The lowest BCUT2D eigenvalue weighted by molar-refractivity contribution is 0.255. The Hall–Kier alpha value is -2.98. The van der Waals surface area contributed by atoms with Gasteiger partial charge in [0.1, 0.15) is 5.75 Å². The number of fused-ring (bicyclic) bond motifs is 1. The lowest BCUT2D eigenvalue weighted by Crippen LogP contribution is -2.43. The number of urea groups is 1. The molecule has 4 rings (SSSR count). The van der Waals surface area contributed by atoms with E-state index in [9.17, 15) is 4.79 Å². The maximum absolute atomic E-state index is 13.0. The average Bonchev–Trinajstić information content (AvgIpc) is 2.68. The van der Waals surface area contributed by atoms with Gasteiger partial charge in [-0.3, -0.25) is 4.90 Å². The number of amides is 2. The van der Waals surface area contributed by atoms with Crippen molar-refractivity contribution in [2.75, 3.05) is 17.3 Å². The predicted molar refractivity (Wildman–Crippen MR) is 104 cm³/mol. The van der Waals surface area contributed by atoms with Crippen molar-refractivity contribution < 1.29 is 9.53 Å². The predicted octanol–water partition coefficient (Wildman–Crippen LogP) is 5.49. The quantitative estimate of drug-likeness (QED) is 0.667. The Morgan fingerprint density at radius 2 is 1.81 bits per heavy atom. The lowest BCUT2D eigenvalue weighted by Gasteiger charge is -2.38. The van der Waals surface area contributed by atoms with Gasteiger partial charge in [0.25, 0.3) is 0 Å². The molecule has 1 heterocycles. The standard InChI is InChI=1S/C21H17ClN2O2/c1-26-17-9-5-8-16(13-17)24-20(14-6-3-2-4-7-14)18-12-15(22)10-11-19(18)23-21(24)25/h2-13,20H,1H3,(H,23,25). The first-order valence-corrected chi connectivity index (χ1v) is 8.64. The molecule has 0 aliphatic carbocycles. The molecule has 1 unspecified atom stereocenters. The fourth-order valence-corrected chi connectivity index (χ4v) is 3.48. The number of methoxy groups -OCH3 is 1. The molecular weight excluding hydrogens is 348 g/mol. The largest absolute Gasteiger partial charge is 0.497 e. The van der Waals surface area contributed by atoms with Crippen LogP contribution in [0.5, 0.6) is 5.75 Å². The first kappa shape index (κ1) is 16.5. The Balaban J connectivity index is 1.92. The number of benzene rings is 3. The van der Waals surface area contributed by atoms with Gasteiger partial charge >= 0.3 is 6.03 Å². The van der Waals surface area contributed by atoms with Crippen LogP contribution in [0.2, 0.25) is 5.02 Å². The summed E-state index contributed by atoms with van der Waals surface area (Å²) in [5.41, 5.74) is 3.48. The van der Waals surface area contributed by atoms with Crippen LogP contribution in [0.15, 0.2) is 72.8 Å². The van der Waals surface area contributed by atoms with Crippen molar-refractivity contribution in [2.45, 2.75) is 6.04 Å². The summed E-state index contributed by atoms with van der Waals surface area (Å²) >= 11 is 6.26. The lowest BCUT2D eigenvalue weighted by atomic mass is 9.93. The van der Waals surface area contributed by atoms with Crippen molar-refractivity contribution in [3.05, 3.63) is 88.9 Å². The Morgan fingerprint density at radius 3 is 2.58 bits per heavy atom. The molecule has 0 radical (unpaired) electrons. The van der Waals surface area contributed by atoms with Crippen molar-refractivity contribution in [3.8, 4) is 5.75 Å². The van der Waals surface area contributed by atoms with Crippen LogP contribution in [0.4, 0.5) is 16.2 Å². The van der Waals surface area contributed by atoms with E-state index in [0.29, 0.717) is 10.8 Å². The third-order valence-corrected chi connectivity index (χ3v) is 4.71. The summed E-state index contributed by atoms with van der Waals surface area (Å²) in [6, 6.07) is 22.4. The number of nitrogens with one attached hydrogen (secondary N) is 1. The summed E-state index contributed by atoms with van der Waals surface area (Å²) in [5, 5.41) is 3.59. The molecular formula is C21H17ClN2O2. The molecule has 0 aromatic heterocycles. The van der Waals surface area contributed by atoms with E-state index in [4.69, 9.17) is 16.3 Å². The third kappa shape index (κ3) is 2.89. The van der Waals surface area contributed by atoms with Crippen molar-refractivity contribution in [3.63, 3.8) is 0 Å². The zero-order valence-electron chi connectivity index (χ0n) is 14.1. The van der Waals surface area contributed by atoms with Gasteiger partial charge in [0, 0.05) is 22.3 Å². The molecule has 4 nitrogen and oxygen atoms in total. The second kappa shape index (κ2) is 6.73. The van der Waals surface area contributed by atoms with Crippen molar-refractivity contribution in [1.29, 1.82) is 0 Å². The second-order valence-electron chi connectivity index (χ2n) is 6.05. The number of halogens is 1. The van der Waals surface area contributed by atoms with Gasteiger partial charge in [-0.25, -0.2) is 4.79 Å². The SMILES string of the molecule is COc1cccc(N2C(=O)Nc3ccc(Cl)cc3C2c2ccccc2)c1. The smallest absolute Gasteiger partial charge is 0.327 e. The van der Waals surface area contributed by atoms with Crippen molar-refractivity contribution in [1.82, 2.24) is 0 Å². The van der Waals surface area contributed by atoms with Gasteiger partial charge < -0.3 is 10.1 Å². The molecule has 26 heavy (non-hydrogen) atoms. The van der Waals surface area contributed by atoms with Gasteiger partial charge in [0.15, 0.2) is 0 Å². The number of rotatable bonds is 3. The molecule has 1 N–H and O–H groups in total. The summed E-state index contributed by atoms with van der Waals surface area (Å²) in [5.74, 6) is 0.694. The number of nitrogens with zero attached hydrogens (tertiary/aromatic N) is 1. The topological polar surface area (TPSA) is 41.6 Å². The average molecular weight is 365 g/mol. The fourth-order valence-electron chi connectivity index (χ4n) is 3.30. The monoisotopic (exact) mass is 364 g/mol. The Morgan fingerprint density at radius 1 is 1.00 bits per heavy atom. The molecule has 5 heteroatoms. The minimum Gasteiger partial charge on any atom is -0.497 e. The van der Waals surface area contributed by atoms with Crippen LogP contribution in [0.1, 0.15) is 17.2 Å². The maximum Gasteiger partial charge on any atom is 0.327 e. The second-order valence-corrected chi connectivity index (χ2v) is 6.48. The zero-order valence-corrected chi connectivity index (χ0v) is 14.9. The van der Waals surface area contributed by atoms with Crippen molar-refractivity contribution in [2.24, 2.45) is 0 Å². The third-order valence-electron chi connectivity index (χ3n) is 4.47. The summed E-state index contributed by atoms with van der Waals surface area (Å²) in [4.78, 5) is 14.7. The molecule has 3 aromatic rings. The number of carbonyl (C=O) groups excluding carboxylic acids is 1. The van der Waals surface area contributed by atoms with E-state index in [1.165, 1.54) is 0 Å². The van der Waals surface area contributed by atoms with E-state index in [-0.39, 0.29) is 12.1 Å². The molecule has 1 aliphatic heterocycles. The number of hydrogen-bond acceptors (Lipinski definition) is 2. The van der Waals surface area contributed by atoms with Gasteiger partial charge in [-0.05, 0) is 35.9 Å². The number of carbonyl (C=O) groups is 1. The summed E-state index contributed by atoms with van der Waals surface area (Å²) < 4.78 is 5.33. The maximum atomic E-state index is 13.0. The summed E-state index contributed by atoms with van der Waals surface area (Å²) in [6.07, 6.45) is 0. The first-order chi connectivity index (χ1) is 12.7. The molecule has 0 fully saturated rings. The molecule has 1 atom stereocenters. The van der Waals surface area contributed by atoms with E-state index in [2.05, 4.69) is 5.32 Å². The molecule has 0 spiro atoms. The van der Waals surface area contributed by atoms with Crippen LogP contribution in [0, 0.1) is 0 Å². The van der Waals surface area contributed by atoms with E-state index >= 15 is 0 Å². The van der Waals surface area contributed by atoms with E-state index in [1.807, 2.05) is 66.7 Å². The van der Waals surface area contributed by atoms with E-state index < -0.39 is 0 Å². The summed E-state index contributed by atoms with van der Waals surface area (Å²) in [7, 11) is 1.61. The number of anilines is 2. The molecule has 2 amide bonds. The fraction of sp³-hybridized carbons (Fsp3) is 0.0952. The molecule has 3 aromatic carbocycles. The molecule has 130 valence electrons. The molecule has 0 saturated heterocycles. The normalized spacial score (nSPS) is 16.0. The summed E-state index contributed by atoms with van der Waals surface area (Å²) in [6.45, 7) is 0. The highest BCUT2D eigenvalue weighted by Crippen LogP contribution is 2.41. The van der Waals surface area contributed by atoms with Gasteiger partial charge in [0.05, 0.1) is 18.8 Å². The highest BCUT2D eigenvalue weighted by Gasteiger charge is 2.35. The Kier molecular flexibility index (Phi) is 4.27. The van der Waals surface area contributed by atoms with Crippen molar-refractivity contribution >= 4 is 29.0 Å². The Bertz CT molecular complexity index is 959. The minimum absolute atomic E-state index is 0.193.